The van der Waals surface area contributed by atoms with Gasteiger partial charge in [0.25, 0.3) is 0 Å². The maximum atomic E-state index is 12.6. The van der Waals surface area contributed by atoms with Gasteiger partial charge < -0.3 is 24.7 Å². The first-order chi connectivity index (χ1) is 13.0. The Kier molecular flexibility index (Phi) is 6.01. The number of hydrogen-bond acceptors (Lipinski definition) is 4. The molecule has 0 aliphatic carbocycles. The molecule has 2 atom stereocenters. The maximum Gasteiger partial charge on any atom is 0.356 e. The zero-order valence-corrected chi connectivity index (χ0v) is 16.2. The summed E-state index contributed by atoms with van der Waals surface area (Å²) in [5.41, 5.74) is 1.35. The number of aromatic nitrogens is 1. The molecule has 1 aromatic heterocycles. The summed E-state index contributed by atoms with van der Waals surface area (Å²) >= 11 is 0. The van der Waals surface area contributed by atoms with Gasteiger partial charge in [-0.15, -0.1) is 0 Å². The summed E-state index contributed by atoms with van der Waals surface area (Å²) in [5.74, 6) is 0.655. The summed E-state index contributed by atoms with van der Waals surface area (Å²) in [6.07, 6.45) is 2.89. The monoisotopic (exact) mass is 374 g/mol. The summed E-state index contributed by atoms with van der Waals surface area (Å²) in [7, 11) is 2.88. The Labute approximate surface area is 159 Å². The lowest BCUT2D eigenvalue weighted by atomic mass is 10.0. The summed E-state index contributed by atoms with van der Waals surface area (Å²) < 4.78 is 10.3. The molecule has 2 heterocycles. The van der Waals surface area contributed by atoms with Crippen LogP contribution in [0.25, 0.3) is 10.9 Å². The van der Waals surface area contributed by atoms with Crippen LogP contribution in [0.1, 0.15) is 36.7 Å². The topological polar surface area (TPSA) is 84.9 Å². The predicted octanol–water partition coefficient (Wildman–Crippen LogP) is 1.61. The van der Waals surface area contributed by atoms with Crippen molar-refractivity contribution in [1.82, 2.24) is 4.98 Å². The van der Waals surface area contributed by atoms with E-state index in [9.17, 15) is 9.59 Å². The summed E-state index contributed by atoms with van der Waals surface area (Å²) in [4.78, 5) is 29.3. The van der Waals surface area contributed by atoms with E-state index in [1.807, 2.05) is 12.1 Å². The molecule has 27 heavy (non-hydrogen) atoms. The van der Waals surface area contributed by atoms with Gasteiger partial charge in [-0.25, -0.2) is 4.79 Å². The van der Waals surface area contributed by atoms with E-state index in [1.54, 1.807) is 13.2 Å². The second kappa shape index (κ2) is 8.43. The van der Waals surface area contributed by atoms with E-state index in [4.69, 9.17) is 9.47 Å². The van der Waals surface area contributed by atoms with Gasteiger partial charge in [0.2, 0.25) is 5.91 Å². The number of methoxy groups -OCH3 is 2. The molecule has 0 spiro atoms. The third kappa shape index (κ3) is 4.24. The minimum Gasteiger partial charge on any atom is -0.496 e. The number of nitrogens with one attached hydrogen (secondary N) is 3. The van der Waals surface area contributed by atoms with Crippen LogP contribution in [0.4, 0.5) is 5.69 Å². The van der Waals surface area contributed by atoms with Crippen molar-refractivity contribution in [3.05, 3.63) is 23.9 Å². The molecule has 2 aromatic rings. The molecule has 0 bridgehead atoms. The van der Waals surface area contributed by atoms with Crippen LogP contribution in [0.15, 0.2) is 18.2 Å². The molecule has 1 saturated heterocycles. The second-order valence-corrected chi connectivity index (χ2v) is 7.25. The largest absolute Gasteiger partial charge is 0.496 e. The number of esters is 1. The number of H-pyrrole nitrogens is 1. The van der Waals surface area contributed by atoms with E-state index < -0.39 is 5.97 Å². The molecule has 1 aliphatic rings. The molecule has 1 aliphatic heterocycles. The Morgan fingerprint density at radius 2 is 2.15 bits per heavy atom. The molecular weight excluding hydrogens is 346 g/mol. The van der Waals surface area contributed by atoms with Crippen molar-refractivity contribution in [3.8, 4) is 5.75 Å². The Morgan fingerprint density at radius 1 is 1.33 bits per heavy atom. The maximum absolute atomic E-state index is 12.6. The molecule has 1 unspecified atom stereocenters. The number of hydrogen-bond donors (Lipinski definition) is 3. The molecule has 146 valence electrons. The zero-order valence-electron chi connectivity index (χ0n) is 16.2. The van der Waals surface area contributed by atoms with Gasteiger partial charge in [0.15, 0.2) is 0 Å². The molecule has 1 fully saturated rings. The van der Waals surface area contributed by atoms with Crippen molar-refractivity contribution >= 4 is 28.5 Å². The fourth-order valence-corrected chi connectivity index (χ4v) is 3.88. The van der Waals surface area contributed by atoms with E-state index in [2.05, 4.69) is 17.2 Å². The first kappa shape index (κ1) is 19.2. The number of quaternary nitrogens is 1. The van der Waals surface area contributed by atoms with E-state index in [0.29, 0.717) is 34.7 Å². The van der Waals surface area contributed by atoms with Gasteiger partial charge in [0.05, 0.1) is 56.9 Å². The number of amides is 1. The smallest absolute Gasteiger partial charge is 0.356 e. The van der Waals surface area contributed by atoms with Crippen LogP contribution in [0.2, 0.25) is 0 Å². The van der Waals surface area contributed by atoms with Gasteiger partial charge in [0.1, 0.15) is 11.4 Å². The molecule has 0 saturated carbocycles. The molecule has 0 radical (unpaired) electrons. The van der Waals surface area contributed by atoms with Gasteiger partial charge in [-0.3, -0.25) is 4.79 Å². The number of carbonyl (C=O) groups excluding carboxylic acids is 2. The molecule has 1 aromatic carbocycles. The minimum atomic E-state index is -0.529. The molecule has 3 N–H and O–H groups in total. The highest BCUT2D eigenvalue weighted by Crippen LogP contribution is 2.35. The highest BCUT2D eigenvalue weighted by molar-refractivity contribution is 6.12. The van der Waals surface area contributed by atoms with Crippen LogP contribution >= 0.6 is 0 Å². The van der Waals surface area contributed by atoms with E-state index >= 15 is 0 Å². The van der Waals surface area contributed by atoms with Crippen LogP contribution in [-0.2, 0) is 9.53 Å². The number of fused-ring (bicyclic) bond motifs is 1. The normalized spacial score (nSPS) is 19.7. The van der Waals surface area contributed by atoms with Crippen molar-refractivity contribution < 1.29 is 24.0 Å². The van der Waals surface area contributed by atoms with Crippen molar-refractivity contribution in [2.24, 2.45) is 5.92 Å². The third-order valence-corrected chi connectivity index (χ3v) is 5.23. The number of aromatic amines is 1. The average molecular weight is 374 g/mol. The second-order valence-electron chi connectivity index (χ2n) is 7.25. The highest BCUT2D eigenvalue weighted by Gasteiger charge is 2.24. The third-order valence-electron chi connectivity index (χ3n) is 5.23. The lowest BCUT2D eigenvalue weighted by molar-refractivity contribution is -0.907. The summed E-state index contributed by atoms with van der Waals surface area (Å²) in [5, 5.41) is 3.58. The Hall–Kier alpha value is -2.54. The first-order valence-electron chi connectivity index (χ1n) is 9.44. The van der Waals surface area contributed by atoms with Gasteiger partial charge in [-0.1, -0.05) is 13.0 Å². The van der Waals surface area contributed by atoms with Crippen molar-refractivity contribution in [3.63, 3.8) is 0 Å². The number of ether oxygens (including phenoxy) is 2. The molecule has 7 heteroatoms. The van der Waals surface area contributed by atoms with Crippen LogP contribution in [0, 0.1) is 5.92 Å². The Balaban J connectivity index is 1.80. The Morgan fingerprint density at radius 3 is 2.85 bits per heavy atom. The van der Waals surface area contributed by atoms with Gasteiger partial charge >= 0.3 is 5.97 Å². The molecule has 1 amide bonds. The molecular formula is C20H28N3O4+. The van der Waals surface area contributed by atoms with Crippen LogP contribution in [-0.4, -0.2) is 50.7 Å². The number of anilines is 1. The average Bonchev–Trinajstić information content (AvgIpc) is 3.04. The minimum absolute atomic E-state index is 0.113. The summed E-state index contributed by atoms with van der Waals surface area (Å²) in [6, 6.07) is 5.45. The lowest BCUT2D eigenvalue weighted by Crippen LogP contribution is -3.13. The lowest BCUT2D eigenvalue weighted by Gasteiger charge is -2.27. The first-order valence-corrected chi connectivity index (χ1v) is 9.44. The van der Waals surface area contributed by atoms with Crippen molar-refractivity contribution in [1.29, 1.82) is 0 Å². The van der Waals surface area contributed by atoms with Crippen molar-refractivity contribution in [2.75, 3.05) is 39.2 Å². The van der Waals surface area contributed by atoms with E-state index in [0.717, 1.165) is 19.6 Å². The predicted molar refractivity (Wildman–Crippen MR) is 103 cm³/mol. The number of carbonyl (C=O) groups is 2. The fraction of sp³-hybridized carbons (Fsp3) is 0.500. The standard InChI is InChI=1S/C20H27N3O4/c1-13-6-5-10-23(12-13)11-9-16(24)22-18-17-14(7-4-8-15(17)26-2)21-19(18)20(25)27-3/h4,7-8,13,21H,5-6,9-12H2,1-3H3,(H,22,24)/p+1/t13-/m1/s1. The number of rotatable bonds is 6. The quantitative estimate of drug-likeness (QED) is 0.671. The zero-order chi connectivity index (χ0) is 19.4. The van der Waals surface area contributed by atoms with E-state index in [-0.39, 0.29) is 11.6 Å². The van der Waals surface area contributed by atoms with Gasteiger partial charge in [-0.05, 0) is 25.0 Å². The molecule has 3 rings (SSSR count). The van der Waals surface area contributed by atoms with Gasteiger partial charge in [0, 0.05) is 5.92 Å². The Bertz CT molecular complexity index is 830. The summed E-state index contributed by atoms with van der Waals surface area (Å²) in [6.45, 7) is 5.29. The fourth-order valence-electron chi connectivity index (χ4n) is 3.88. The molecule has 7 nitrogen and oxygen atoms in total. The van der Waals surface area contributed by atoms with Crippen LogP contribution < -0.4 is 15.0 Å². The van der Waals surface area contributed by atoms with E-state index in [1.165, 1.54) is 24.9 Å². The number of benzene rings is 1. The highest BCUT2D eigenvalue weighted by atomic mass is 16.5. The number of likely N-dealkylation sites (tertiary alicyclic amines) is 1. The number of piperidine rings is 1. The van der Waals surface area contributed by atoms with Crippen LogP contribution in [0.5, 0.6) is 5.75 Å². The SMILES string of the molecule is COC(=O)c1[nH]c2cccc(OC)c2c1NC(=O)CC[NH+]1CCC[C@@H](C)C1. The van der Waals surface area contributed by atoms with Crippen molar-refractivity contribution in [2.45, 2.75) is 26.2 Å². The van der Waals surface area contributed by atoms with Gasteiger partial charge in [-0.2, -0.15) is 0 Å². The van der Waals surface area contributed by atoms with Crippen LogP contribution in [0.3, 0.4) is 0 Å².